The second kappa shape index (κ2) is 10.5. The molecule has 0 atom stereocenters. The minimum absolute atomic E-state index is 0.0253. The molecular formula is C25H25FN2O4S. The molecule has 172 valence electrons. The summed E-state index contributed by atoms with van der Waals surface area (Å²) in [6.45, 7) is 3.54. The van der Waals surface area contributed by atoms with Crippen LogP contribution in [-0.4, -0.2) is 31.1 Å². The van der Waals surface area contributed by atoms with E-state index in [0.717, 1.165) is 17.7 Å². The maximum Gasteiger partial charge on any atom is 0.251 e. The fraction of sp³-hybridized carbons (Fsp3) is 0.240. The standard InChI is InChI=1S/C25H25FN2O4S/c1-17(2)28-25(30)20-6-10-23(26)24(16-20)33(31,32)22-8-4-19(5-9-22)15-21(29)7-3-18-11-13-27-14-12-18/h4-6,8-14,16-17H,3,7,15H2,1-2H3,(H,28,30). The fourth-order valence-corrected chi connectivity index (χ4v) is 4.61. The molecule has 0 radical (unpaired) electrons. The van der Waals surface area contributed by atoms with Gasteiger partial charge in [-0.2, -0.15) is 0 Å². The van der Waals surface area contributed by atoms with Crippen molar-refractivity contribution in [3.05, 3.63) is 89.5 Å². The van der Waals surface area contributed by atoms with Crippen LogP contribution in [-0.2, 0) is 27.5 Å². The third kappa shape index (κ3) is 6.32. The lowest BCUT2D eigenvalue weighted by molar-refractivity contribution is -0.118. The maximum atomic E-state index is 14.4. The van der Waals surface area contributed by atoms with E-state index in [1.807, 2.05) is 12.1 Å². The maximum absolute atomic E-state index is 14.4. The summed E-state index contributed by atoms with van der Waals surface area (Å²) in [5.74, 6) is -1.40. The van der Waals surface area contributed by atoms with Crippen LogP contribution in [0.5, 0.6) is 0 Å². The lowest BCUT2D eigenvalue weighted by Gasteiger charge is -2.11. The Labute approximate surface area is 192 Å². The highest BCUT2D eigenvalue weighted by molar-refractivity contribution is 7.91. The monoisotopic (exact) mass is 468 g/mol. The van der Waals surface area contributed by atoms with E-state index in [2.05, 4.69) is 10.3 Å². The van der Waals surface area contributed by atoms with Crippen molar-refractivity contribution in [2.45, 2.75) is 48.9 Å². The first-order valence-electron chi connectivity index (χ1n) is 10.5. The Morgan fingerprint density at radius 3 is 2.27 bits per heavy atom. The van der Waals surface area contributed by atoms with Crippen molar-refractivity contribution in [3.63, 3.8) is 0 Å². The average Bonchev–Trinajstić information content (AvgIpc) is 2.78. The normalized spacial score (nSPS) is 11.4. The molecule has 0 spiro atoms. The number of halogens is 1. The van der Waals surface area contributed by atoms with Gasteiger partial charge in [-0.3, -0.25) is 14.6 Å². The van der Waals surface area contributed by atoms with Crippen LogP contribution in [0.25, 0.3) is 0 Å². The number of hydrogen-bond donors (Lipinski definition) is 1. The van der Waals surface area contributed by atoms with E-state index < -0.39 is 26.5 Å². The van der Waals surface area contributed by atoms with Crippen LogP contribution in [0.2, 0.25) is 0 Å². The second-order valence-electron chi connectivity index (χ2n) is 7.99. The number of carbonyl (C=O) groups is 2. The van der Waals surface area contributed by atoms with Crippen molar-refractivity contribution in [1.29, 1.82) is 0 Å². The third-order valence-corrected chi connectivity index (χ3v) is 6.76. The number of rotatable bonds is 9. The first-order chi connectivity index (χ1) is 15.7. The predicted molar refractivity (Wildman–Crippen MR) is 122 cm³/mol. The van der Waals surface area contributed by atoms with Crippen LogP contribution in [0.4, 0.5) is 4.39 Å². The van der Waals surface area contributed by atoms with Crippen LogP contribution in [0.3, 0.4) is 0 Å². The number of aromatic nitrogens is 1. The number of pyridine rings is 1. The van der Waals surface area contributed by atoms with Gasteiger partial charge < -0.3 is 5.32 Å². The van der Waals surface area contributed by atoms with Gasteiger partial charge in [0.25, 0.3) is 5.91 Å². The van der Waals surface area contributed by atoms with Gasteiger partial charge in [0.2, 0.25) is 9.84 Å². The number of carbonyl (C=O) groups excluding carboxylic acids is 2. The molecule has 0 saturated carbocycles. The molecule has 0 aliphatic heterocycles. The SMILES string of the molecule is CC(C)NC(=O)c1ccc(F)c(S(=O)(=O)c2ccc(CC(=O)CCc3ccncc3)cc2)c1. The Balaban J connectivity index is 1.73. The molecule has 0 aliphatic carbocycles. The van der Waals surface area contributed by atoms with Gasteiger partial charge in [0, 0.05) is 36.8 Å². The molecule has 2 aromatic carbocycles. The van der Waals surface area contributed by atoms with Gasteiger partial charge in [-0.05, 0) is 73.9 Å². The summed E-state index contributed by atoms with van der Waals surface area (Å²) in [6, 6.07) is 12.6. The quantitative estimate of drug-likeness (QED) is 0.514. The Morgan fingerprint density at radius 1 is 0.970 bits per heavy atom. The first kappa shape index (κ1) is 24.3. The van der Waals surface area contributed by atoms with E-state index in [1.54, 1.807) is 38.4 Å². The molecule has 1 heterocycles. The van der Waals surface area contributed by atoms with Gasteiger partial charge >= 0.3 is 0 Å². The summed E-state index contributed by atoms with van der Waals surface area (Å²) in [5.41, 5.74) is 1.74. The molecule has 1 aromatic heterocycles. The van der Waals surface area contributed by atoms with Crippen molar-refractivity contribution in [2.24, 2.45) is 0 Å². The predicted octanol–water partition coefficient (Wildman–Crippen LogP) is 3.94. The zero-order valence-electron chi connectivity index (χ0n) is 18.4. The highest BCUT2D eigenvalue weighted by Crippen LogP contribution is 2.25. The van der Waals surface area contributed by atoms with Gasteiger partial charge in [-0.15, -0.1) is 0 Å². The molecule has 0 bridgehead atoms. The van der Waals surface area contributed by atoms with Gasteiger partial charge in [0.05, 0.1) is 4.90 Å². The Bertz CT molecular complexity index is 1240. The summed E-state index contributed by atoms with van der Waals surface area (Å²) in [7, 11) is -4.19. The number of aryl methyl sites for hydroxylation is 1. The molecule has 33 heavy (non-hydrogen) atoms. The zero-order valence-corrected chi connectivity index (χ0v) is 19.2. The van der Waals surface area contributed by atoms with E-state index in [-0.39, 0.29) is 28.7 Å². The lowest BCUT2D eigenvalue weighted by Crippen LogP contribution is -2.30. The molecule has 3 aromatic rings. The highest BCUT2D eigenvalue weighted by atomic mass is 32.2. The van der Waals surface area contributed by atoms with Crippen LogP contribution >= 0.6 is 0 Å². The van der Waals surface area contributed by atoms with Gasteiger partial charge in [-0.1, -0.05) is 12.1 Å². The Kier molecular flexibility index (Phi) is 7.71. The number of sulfone groups is 1. The topological polar surface area (TPSA) is 93.2 Å². The summed E-state index contributed by atoms with van der Waals surface area (Å²) in [5, 5.41) is 2.65. The molecule has 0 unspecified atom stereocenters. The molecule has 0 saturated heterocycles. The van der Waals surface area contributed by atoms with E-state index in [1.165, 1.54) is 18.2 Å². The third-order valence-electron chi connectivity index (χ3n) is 4.98. The van der Waals surface area contributed by atoms with Crippen LogP contribution in [0.1, 0.15) is 41.8 Å². The first-order valence-corrected chi connectivity index (χ1v) is 12.0. The van der Waals surface area contributed by atoms with Crippen molar-refractivity contribution in [2.75, 3.05) is 0 Å². The molecule has 8 heteroatoms. The van der Waals surface area contributed by atoms with Crippen LogP contribution < -0.4 is 5.32 Å². The minimum atomic E-state index is -4.19. The van der Waals surface area contributed by atoms with Gasteiger partial charge in [-0.25, -0.2) is 12.8 Å². The number of nitrogens with zero attached hydrogens (tertiary/aromatic N) is 1. The van der Waals surface area contributed by atoms with Crippen molar-refractivity contribution in [1.82, 2.24) is 10.3 Å². The number of Topliss-reactive ketones (excluding diaryl/α,β-unsaturated/α-hetero) is 1. The summed E-state index contributed by atoms with van der Waals surface area (Å²) in [4.78, 5) is 27.8. The number of hydrogen-bond acceptors (Lipinski definition) is 5. The van der Waals surface area contributed by atoms with Crippen molar-refractivity contribution < 1.29 is 22.4 Å². The Morgan fingerprint density at radius 2 is 1.64 bits per heavy atom. The van der Waals surface area contributed by atoms with Crippen LogP contribution in [0.15, 0.2) is 76.8 Å². The largest absolute Gasteiger partial charge is 0.350 e. The molecule has 1 N–H and O–H groups in total. The minimum Gasteiger partial charge on any atom is -0.350 e. The van der Waals surface area contributed by atoms with Crippen LogP contribution in [0, 0.1) is 5.82 Å². The highest BCUT2D eigenvalue weighted by Gasteiger charge is 2.24. The summed E-state index contributed by atoms with van der Waals surface area (Å²) in [6.07, 6.45) is 4.49. The summed E-state index contributed by atoms with van der Waals surface area (Å²) < 4.78 is 40.4. The Hall–Kier alpha value is -3.39. The van der Waals surface area contributed by atoms with Crippen molar-refractivity contribution in [3.8, 4) is 0 Å². The van der Waals surface area contributed by atoms with Gasteiger partial charge in [0.1, 0.15) is 16.5 Å². The average molecular weight is 469 g/mol. The number of benzene rings is 2. The molecule has 6 nitrogen and oxygen atoms in total. The molecule has 1 amide bonds. The number of amides is 1. The molecule has 3 rings (SSSR count). The zero-order chi connectivity index (χ0) is 24.0. The van der Waals surface area contributed by atoms with E-state index in [9.17, 15) is 22.4 Å². The second-order valence-corrected chi connectivity index (χ2v) is 9.91. The van der Waals surface area contributed by atoms with E-state index >= 15 is 0 Å². The van der Waals surface area contributed by atoms with Gasteiger partial charge in [0.15, 0.2) is 0 Å². The number of nitrogens with one attached hydrogen (secondary N) is 1. The van der Waals surface area contributed by atoms with E-state index in [0.29, 0.717) is 18.4 Å². The smallest absolute Gasteiger partial charge is 0.251 e. The fourth-order valence-electron chi connectivity index (χ4n) is 3.26. The molecular weight excluding hydrogens is 443 g/mol. The summed E-state index contributed by atoms with van der Waals surface area (Å²) >= 11 is 0. The van der Waals surface area contributed by atoms with E-state index in [4.69, 9.17) is 0 Å². The number of ketones is 1. The molecule has 0 fully saturated rings. The van der Waals surface area contributed by atoms with Crippen molar-refractivity contribution >= 4 is 21.5 Å². The lowest BCUT2D eigenvalue weighted by atomic mass is 10.0. The molecule has 0 aliphatic rings.